The highest BCUT2D eigenvalue weighted by Gasteiger charge is 2.23. The number of thioether (sulfide) groups is 1. The van der Waals surface area contributed by atoms with Crippen molar-refractivity contribution in [1.82, 2.24) is 20.1 Å². The van der Waals surface area contributed by atoms with E-state index in [1.54, 1.807) is 11.8 Å². The third-order valence-electron chi connectivity index (χ3n) is 5.55. The molecule has 0 unspecified atom stereocenters. The molecule has 0 aliphatic heterocycles. The van der Waals surface area contributed by atoms with Crippen LogP contribution in [0.5, 0.6) is 17.2 Å². The fourth-order valence-corrected chi connectivity index (χ4v) is 4.57. The minimum Gasteiger partial charge on any atom is -0.493 e. The Hall–Kier alpha value is -2.95. The van der Waals surface area contributed by atoms with Gasteiger partial charge in [0, 0.05) is 24.6 Å². The maximum absolute atomic E-state index is 12.7. The van der Waals surface area contributed by atoms with E-state index in [1.165, 1.54) is 39.2 Å². The van der Waals surface area contributed by atoms with Crippen molar-refractivity contribution in [3.05, 3.63) is 23.5 Å². The summed E-state index contributed by atoms with van der Waals surface area (Å²) in [5.41, 5.74) is 5.50. The molecule has 2 amide bonds. The number of carbonyl (C=O) groups excluding carboxylic acids is 2. The molecule has 3 N–H and O–H groups in total. The van der Waals surface area contributed by atoms with Crippen LogP contribution < -0.4 is 25.3 Å². The van der Waals surface area contributed by atoms with Crippen molar-refractivity contribution in [2.24, 2.45) is 5.73 Å². The van der Waals surface area contributed by atoms with E-state index in [0.717, 1.165) is 36.7 Å². The molecule has 3 rings (SSSR count). The van der Waals surface area contributed by atoms with Gasteiger partial charge in [-0.3, -0.25) is 9.59 Å². The van der Waals surface area contributed by atoms with Crippen LogP contribution in [0.15, 0.2) is 17.3 Å². The van der Waals surface area contributed by atoms with Gasteiger partial charge in [0.05, 0.1) is 14.2 Å². The molecule has 33 heavy (non-hydrogen) atoms. The highest BCUT2D eigenvalue weighted by molar-refractivity contribution is 7.98. The third kappa shape index (κ3) is 6.10. The second-order valence-electron chi connectivity index (χ2n) is 7.74. The van der Waals surface area contributed by atoms with E-state index >= 15 is 0 Å². The number of benzene rings is 1. The van der Waals surface area contributed by atoms with Gasteiger partial charge in [-0.15, -0.1) is 10.2 Å². The van der Waals surface area contributed by atoms with Crippen molar-refractivity contribution in [1.29, 1.82) is 0 Å². The number of aromatic nitrogens is 3. The topological polar surface area (TPSA) is 131 Å². The number of methoxy groups -OCH3 is 2. The van der Waals surface area contributed by atoms with Gasteiger partial charge in [-0.05, 0) is 37.7 Å². The molecule has 0 spiro atoms. The molecule has 1 aliphatic rings. The van der Waals surface area contributed by atoms with Gasteiger partial charge < -0.3 is 29.8 Å². The summed E-state index contributed by atoms with van der Waals surface area (Å²) in [5.74, 6) is 0.834. The number of carbonyl (C=O) groups is 2. The van der Waals surface area contributed by atoms with Crippen molar-refractivity contribution in [3.8, 4) is 17.2 Å². The number of primary amides is 1. The van der Waals surface area contributed by atoms with Crippen molar-refractivity contribution in [3.63, 3.8) is 0 Å². The van der Waals surface area contributed by atoms with Gasteiger partial charge in [0.15, 0.2) is 23.3 Å². The van der Waals surface area contributed by atoms with Crippen molar-refractivity contribution in [2.45, 2.75) is 49.7 Å². The Morgan fingerprint density at radius 2 is 1.85 bits per heavy atom. The summed E-state index contributed by atoms with van der Waals surface area (Å²) in [7, 11) is 2.88. The number of rotatable bonds is 12. The van der Waals surface area contributed by atoms with Crippen LogP contribution in [0, 0.1) is 0 Å². The maximum atomic E-state index is 12.7. The minimum absolute atomic E-state index is 0.214. The quantitative estimate of drug-likeness (QED) is 0.352. The lowest BCUT2D eigenvalue weighted by Crippen LogP contribution is -2.25. The summed E-state index contributed by atoms with van der Waals surface area (Å²) in [5, 5.41) is 12.6. The Kier molecular flexibility index (Phi) is 8.81. The fourth-order valence-electron chi connectivity index (χ4n) is 3.99. The van der Waals surface area contributed by atoms with Gasteiger partial charge in [0.25, 0.3) is 11.8 Å². The third-order valence-corrected chi connectivity index (χ3v) is 6.20. The summed E-state index contributed by atoms with van der Waals surface area (Å²) in [4.78, 5) is 23.8. The summed E-state index contributed by atoms with van der Waals surface area (Å²) in [6.45, 7) is 0.150. The molecule has 1 aliphatic carbocycles. The Balaban J connectivity index is 1.61. The average Bonchev–Trinajstić information content (AvgIpc) is 3.48. The number of nitrogens with one attached hydrogen (secondary N) is 1. The zero-order valence-corrected chi connectivity index (χ0v) is 20.1. The molecule has 0 radical (unpaired) electrons. The molecule has 1 heterocycles. The predicted octanol–water partition coefficient (Wildman–Crippen LogP) is 2.36. The first-order chi connectivity index (χ1) is 16.0. The SMILES string of the molecule is COc1cc(C(=O)NCCCc2nnc(SC)n2C2CCCC2)cc(OC)c1OCC(N)=O. The van der Waals surface area contributed by atoms with Crippen LogP contribution >= 0.6 is 11.8 Å². The minimum atomic E-state index is -0.630. The molecule has 1 saturated carbocycles. The van der Waals surface area contributed by atoms with Crippen molar-refractivity contribution in [2.75, 3.05) is 33.6 Å². The number of hydrogen-bond acceptors (Lipinski definition) is 8. The molecule has 0 bridgehead atoms. The van der Waals surface area contributed by atoms with Crippen molar-refractivity contribution >= 4 is 23.6 Å². The molecule has 1 aromatic carbocycles. The van der Waals surface area contributed by atoms with Crippen LogP contribution in [0.1, 0.15) is 54.3 Å². The van der Waals surface area contributed by atoms with Crippen LogP contribution in [0.4, 0.5) is 0 Å². The van der Waals surface area contributed by atoms with E-state index in [4.69, 9.17) is 19.9 Å². The summed E-state index contributed by atoms with van der Waals surface area (Å²) in [6.07, 6.45) is 8.30. The van der Waals surface area contributed by atoms with E-state index < -0.39 is 5.91 Å². The zero-order chi connectivity index (χ0) is 23.8. The Labute approximate surface area is 197 Å². The van der Waals surface area contributed by atoms with E-state index in [2.05, 4.69) is 20.1 Å². The second-order valence-corrected chi connectivity index (χ2v) is 8.51. The lowest BCUT2D eigenvalue weighted by atomic mass is 10.1. The highest BCUT2D eigenvalue weighted by atomic mass is 32.2. The first-order valence-corrected chi connectivity index (χ1v) is 12.1. The number of hydrogen-bond donors (Lipinski definition) is 2. The molecular formula is C22H31N5O5S. The van der Waals surface area contributed by atoms with Crippen LogP contribution in [-0.4, -0.2) is 60.2 Å². The highest BCUT2D eigenvalue weighted by Crippen LogP contribution is 2.38. The molecule has 1 aromatic heterocycles. The normalized spacial score (nSPS) is 13.7. The van der Waals surface area contributed by atoms with Gasteiger partial charge in [-0.1, -0.05) is 24.6 Å². The predicted molar refractivity (Wildman–Crippen MR) is 124 cm³/mol. The molecule has 1 fully saturated rings. The first kappa shape index (κ1) is 24.7. The fraction of sp³-hybridized carbons (Fsp3) is 0.545. The number of nitrogens with zero attached hydrogens (tertiary/aromatic N) is 3. The van der Waals surface area contributed by atoms with Gasteiger partial charge in [0.1, 0.15) is 5.82 Å². The second kappa shape index (κ2) is 11.8. The molecule has 10 nitrogen and oxygen atoms in total. The lowest BCUT2D eigenvalue weighted by molar-refractivity contribution is -0.120. The summed E-state index contributed by atoms with van der Waals surface area (Å²) < 4.78 is 18.3. The van der Waals surface area contributed by atoms with Crippen LogP contribution in [0.25, 0.3) is 0 Å². The Morgan fingerprint density at radius 1 is 1.18 bits per heavy atom. The van der Waals surface area contributed by atoms with Crippen LogP contribution in [-0.2, 0) is 11.2 Å². The first-order valence-electron chi connectivity index (χ1n) is 10.9. The molecule has 11 heteroatoms. The maximum Gasteiger partial charge on any atom is 0.255 e. The molecular weight excluding hydrogens is 446 g/mol. The Bertz CT molecular complexity index is 949. The van der Waals surface area contributed by atoms with E-state index in [-0.39, 0.29) is 29.8 Å². The largest absolute Gasteiger partial charge is 0.493 e. The van der Waals surface area contributed by atoms with Crippen molar-refractivity contribution < 1.29 is 23.8 Å². The standard InChI is InChI=1S/C22H31N5O5S/c1-30-16-11-14(12-17(31-2)20(16)32-13-18(23)28)21(29)24-10-6-9-19-25-26-22(33-3)27(19)15-7-4-5-8-15/h11-12,15H,4-10,13H2,1-3H3,(H2,23,28)(H,24,29). The van der Waals surface area contributed by atoms with E-state index in [0.29, 0.717) is 18.2 Å². The zero-order valence-electron chi connectivity index (χ0n) is 19.3. The molecule has 2 aromatic rings. The van der Waals surface area contributed by atoms with Gasteiger partial charge >= 0.3 is 0 Å². The summed E-state index contributed by atoms with van der Waals surface area (Å²) >= 11 is 1.62. The summed E-state index contributed by atoms with van der Waals surface area (Å²) in [6, 6.07) is 3.55. The average molecular weight is 478 g/mol. The van der Waals surface area contributed by atoms with E-state index in [1.807, 2.05) is 6.26 Å². The van der Waals surface area contributed by atoms with Crippen LogP contribution in [0.3, 0.4) is 0 Å². The number of amides is 2. The molecule has 0 saturated heterocycles. The van der Waals surface area contributed by atoms with Gasteiger partial charge in [-0.2, -0.15) is 0 Å². The Morgan fingerprint density at radius 3 is 2.42 bits per heavy atom. The number of ether oxygens (including phenoxy) is 3. The number of aryl methyl sites for hydroxylation is 1. The lowest BCUT2D eigenvalue weighted by Gasteiger charge is -2.16. The van der Waals surface area contributed by atoms with Gasteiger partial charge in [-0.25, -0.2) is 0 Å². The van der Waals surface area contributed by atoms with E-state index in [9.17, 15) is 9.59 Å². The monoisotopic (exact) mass is 477 g/mol. The molecule has 0 atom stereocenters. The molecule has 180 valence electrons. The van der Waals surface area contributed by atoms with Crippen LogP contribution in [0.2, 0.25) is 0 Å². The smallest absolute Gasteiger partial charge is 0.255 e. The van der Waals surface area contributed by atoms with Gasteiger partial charge in [0.2, 0.25) is 5.75 Å². The number of nitrogens with two attached hydrogens (primary N) is 1.